The largest absolute Gasteiger partial charge is 0.479 e. The van der Waals surface area contributed by atoms with Crippen LogP contribution in [-0.2, 0) is 20.9 Å². The molecule has 3 N–H and O–H groups in total. The summed E-state index contributed by atoms with van der Waals surface area (Å²) < 4.78 is 41.2. The molecule has 0 heterocycles. The zero-order chi connectivity index (χ0) is 16.1. The van der Waals surface area contributed by atoms with Gasteiger partial charge in [0.25, 0.3) is 0 Å². The van der Waals surface area contributed by atoms with Crippen LogP contribution in [0.4, 0.5) is 13.2 Å². The molecule has 0 aliphatic carbocycles. The summed E-state index contributed by atoms with van der Waals surface area (Å²) in [4.78, 5) is 22.7. The highest BCUT2D eigenvalue weighted by molar-refractivity contribution is 6.03. The number of aliphatic carboxylic acids is 1. The van der Waals surface area contributed by atoms with E-state index in [-0.39, 0.29) is 6.61 Å². The lowest BCUT2D eigenvalue weighted by Crippen LogP contribution is -2.56. The zero-order valence-electron chi connectivity index (χ0n) is 10.9. The first-order chi connectivity index (χ1) is 9.65. The average Bonchev–Trinajstić information content (AvgIpc) is 2.42. The highest BCUT2D eigenvalue weighted by Crippen LogP contribution is 2.26. The maximum atomic E-state index is 12.2. The standard InChI is InChI=1S/C13H14F3NO4/c14-13(15,16)7-6-12(17,10(18)19)11(20)21-8-9-4-2-1-3-5-9/h1-5H,6-8,17H2,(H,18,19). The van der Waals surface area contributed by atoms with Gasteiger partial charge in [0, 0.05) is 6.42 Å². The smallest absolute Gasteiger partial charge is 0.389 e. The molecule has 21 heavy (non-hydrogen) atoms. The minimum Gasteiger partial charge on any atom is -0.479 e. The number of ether oxygens (including phenoxy) is 1. The maximum Gasteiger partial charge on any atom is 0.389 e. The Morgan fingerprint density at radius 1 is 1.14 bits per heavy atom. The molecule has 0 aliphatic rings. The fourth-order valence-electron chi connectivity index (χ4n) is 1.49. The van der Waals surface area contributed by atoms with E-state index in [2.05, 4.69) is 0 Å². The number of nitrogens with two attached hydrogens (primary N) is 1. The van der Waals surface area contributed by atoms with Crippen LogP contribution in [0.5, 0.6) is 0 Å². The molecule has 0 radical (unpaired) electrons. The first-order valence-electron chi connectivity index (χ1n) is 5.95. The van der Waals surface area contributed by atoms with Crippen LogP contribution < -0.4 is 5.73 Å². The van der Waals surface area contributed by atoms with Gasteiger partial charge in [0.15, 0.2) is 0 Å². The van der Waals surface area contributed by atoms with E-state index in [1.807, 2.05) is 0 Å². The topological polar surface area (TPSA) is 89.6 Å². The first-order valence-corrected chi connectivity index (χ1v) is 5.95. The molecule has 8 heteroatoms. The average molecular weight is 305 g/mol. The summed E-state index contributed by atoms with van der Waals surface area (Å²) in [5, 5.41) is 8.90. The number of hydrogen-bond acceptors (Lipinski definition) is 4. The van der Waals surface area contributed by atoms with Crippen LogP contribution in [0.2, 0.25) is 0 Å². The SMILES string of the molecule is NC(CCC(F)(F)F)(C(=O)O)C(=O)OCc1ccccc1. The van der Waals surface area contributed by atoms with E-state index in [9.17, 15) is 22.8 Å². The molecular formula is C13H14F3NO4. The Labute approximate surface area is 118 Å². The number of benzene rings is 1. The highest BCUT2D eigenvalue weighted by atomic mass is 19.4. The van der Waals surface area contributed by atoms with Crippen LogP contribution >= 0.6 is 0 Å². The molecule has 0 aromatic heterocycles. The number of hydrogen-bond donors (Lipinski definition) is 2. The molecular weight excluding hydrogens is 291 g/mol. The van der Waals surface area contributed by atoms with Crippen molar-refractivity contribution in [1.29, 1.82) is 0 Å². The number of carbonyl (C=O) groups is 2. The second-order valence-corrected chi connectivity index (χ2v) is 4.45. The fraction of sp³-hybridized carbons (Fsp3) is 0.385. The van der Waals surface area contributed by atoms with Gasteiger partial charge in [-0.25, -0.2) is 9.59 Å². The van der Waals surface area contributed by atoms with Crippen molar-refractivity contribution in [3.63, 3.8) is 0 Å². The summed E-state index contributed by atoms with van der Waals surface area (Å²) in [6.45, 7) is -0.266. The Bertz CT molecular complexity index is 504. The monoisotopic (exact) mass is 305 g/mol. The molecule has 0 spiro atoms. The van der Waals surface area contributed by atoms with Crippen molar-refractivity contribution in [2.75, 3.05) is 0 Å². The van der Waals surface area contributed by atoms with E-state index >= 15 is 0 Å². The van der Waals surface area contributed by atoms with Crippen molar-refractivity contribution in [1.82, 2.24) is 0 Å². The number of esters is 1. The third-order valence-electron chi connectivity index (χ3n) is 2.76. The van der Waals surface area contributed by atoms with E-state index in [0.29, 0.717) is 5.56 Å². The first kappa shape index (κ1) is 17.0. The molecule has 0 saturated heterocycles. The van der Waals surface area contributed by atoms with Gasteiger partial charge in [0.1, 0.15) is 6.61 Å². The van der Waals surface area contributed by atoms with Gasteiger partial charge in [0.05, 0.1) is 0 Å². The highest BCUT2D eigenvalue weighted by Gasteiger charge is 2.46. The van der Waals surface area contributed by atoms with E-state index < -0.39 is 36.5 Å². The molecule has 0 saturated carbocycles. The van der Waals surface area contributed by atoms with Crippen molar-refractivity contribution in [3.05, 3.63) is 35.9 Å². The van der Waals surface area contributed by atoms with Crippen molar-refractivity contribution >= 4 is 11.9 Å². The van der Waals surface area contributed by atoms with Crippen molar-refractivity contribution in [3.8, 4) is 0 Å². The van der Waals surface area contributed by atoms with Gasteiger partial charge in [-0.05, 0) is 12.0 Å². The molecule has 5 nitrogen and oxygen atoms in total. The quantitative estimate of drug-likeness (QED) is 0.618. The summed E-state index contributed by atoms with van der Waals surface area (Å²) in [6.07, 6.45) is -7.19. The molecule has 1 unspecified atom stereocenters. The van der Waals surface area contributed by atoms with Gasteiger partial charge in [-0.2, -0.15) is 13.2 Å². The number of alkyl halides is 3. The third kappa shape index (κ3) is 5.07. The van der Waals surface area contributed by atoms with Gasteiger partial charge in [0.2, 0.25) is 5.54 Å². The van der Waals surface area contributed by atoms with Crippen LogP contribution in [0.3, 0.4) is 0 Å². The molecule has 1 atom stereocenters. The molecule has 0 bridgehead atoms. The van der Waals surface area contributed by atoms with Crippen molar-refractivity contribution in [2.24, 2.45) is 5.73 Å². The second-order valence-electron chi connectivity index (χ2n) is 4.45. The van der Waals surface area contributed by atoms with Crippen LogP contribution in [0.25, 0.3) is 0 Å². The predicted octanol–water partition coefficient (Wildman–Crippen LogP) is 1.85. The van der Waals surface area contributed by atoms with Crippen molar-refractivity contribution in [2.45, 2.75) is 31.2 Å². The Hall–Kier alpha value is -2.09. The van der Waals surface area contributed by atoms with Gasteiger partial charge in [-0.3, -0.25) is 0 Å². The third-order valence-corrected chi connectivity index (χ3v) is 2.76. The summed E-state index contributed by atoms with van der Waals surface area (Å²) in [5.41, 5.74) is 3.13. The Morgan fingerprint density at radius 2 is 1.71 bits per heavy atom. The van der Waals surface area contributed by atoms with E-state index in [0.717, 1.165) is 0 Å². The Kier molecular flexibility index (Phi) is 5.31. The minimum absolute atomic E-state index is 0.266. The van der Waals surface area contributed by atoms with Crippen LogP contribution in [0.15, 0.2) is 30.3 Å². The predicted molar refractivity (Wildman–Crippen MR) is 66.1 cm³/mol. The van der Waals surface area contributed by atoms with E-state index in [1.165, 1.54) is 0 Å². The van der Waals surface area contributed by atoms with Crippen LogP contribution in [0, 0.1) is 0 Å². The lowest BCUT2D eigenvalue weighted by molar-refractivity contribution is -0.166. The van der Waals surface area contributed by atoms with Gasteiger partial charge >= 0.3 is 18.1 Å². The number of carboxylic acids is 1. The summed E-state index contributed by atoms with van der Waals surface area (Å²) >= 11 is 0. The lowest BCUT2D eigenvalue weighted by Gasteiger charge is -2.23. The maximum absolute atomic E-state index is 12.2. The number of carboxylic acid groups (broad SMARTS) is 1. The van der Waals surface area contributed by atoms with Gasteiger partial charge in [-0.1, -0.05) is 30.3 Å². The van der Waals surface area contributed by atoms with Gasteiger partial charge < -0.3 is 15.6 Å². The zero-order valence-corrected chi connectivity index (χ0v) is 10.9. The summed E-state index contributed by atoms with van der Waals surface area (Å²) in [6, 6.07) is 8.28. The number of carbonyl (C=O) groups excluding carboxylic acids is 1. The molecule has 0 fully saturated rings. The van der Waals surface area contributed by atoms with E-state index in [1.54, 1.807) is 30.3 Å². The lowest BCUT2D eigenvalue weighted by atomic mass is 9.94. The fourth-order valence-corrected chi connectivity index (χ4v) is 1.49. The van der Waals surface area contributed by atoms with E-state index in [4.69, 9.17) is 15.6 Å². The normalized spacial score (nSPS) is 14.3. The number of halogens is 3. The second kappa shape index (κ2) is 6.57. The van der Waals surface area contributed by atoms with Crippen molar-refractivity contribution < 1.29 is 32.6 Å². The molecule has 1 aromatic carbocycles. The molecule has 0 aliphatic heterocycles. The Balaban J connectivity index is 2.71. The molecule has 1 aromatic rings. The number of rotatable bonds is 6. The van der Waals surface area contributed by atoms with Crippen LogP contribution in [0.1, 0.15) is 18.4 Å². The molecule has 116 valence electrons. The van der Waals surface area contributed by atoms with Gasteiger partial charge in [-0.15, -0.1) is 0 Å². The molecule has 1 rings (SSSR count). The minimum atomic E-state index is -4.61. The summed E-state index contributed by atoms with van der Waals surface area (Å²) in [7, 11) is 0. The Morgan fingerprint density at radius 3 is 2.19 bits per heavy atom. The van der Waals surface area contributed by atoms with Crippen LogP contribution in [-0.4, -0.2) is 28.8 Å². The summed E-state index contributed by atoms with van der Waals surface area (Å²) in [5.74, 6) is -3.26. The molecule has 0 amide bonds.